The van der Waals surface area contributed by atoms with Gasteiger partial charge in [0, 0.05) is 31.4 Å². The Bertz CT molecular complexity index is 1100. The van der Waals surface area contributed by atoms with Crippen LogP contribution in [0.5, 0.6) is 0 Å². The van der Waals surface area contributed by atoms with Gasteiger partial charge in [-0.25, -0.2) is 9.48 Å². The number of pyridine rings is 1. The average molecular weight is 379 g/mol. The van der Waals surface area contributed by atoms with E-state index >= 15 is 0 Å². The van der Waals surface area contributed by atoms with Crippen molar-refractivity contribution in [2.75, 3.05) is 6.54 Å². The molecule has 3 heterocycles. The third-order valence-electron chi connectivity index (χ3n) is 5.27. The Labute approximate surface area is 163 Å². The smallest absolute Gasteiger partial charge is 0.345 e. The Balaban J connectivity index is 1.38. The highest BCUT2D eigenvalue weighted by molar-refractivity contribution is 5.98. The molecule has 146 valence electrons. The van der Waals surface area contributed by atoms with E-state index in [1.807, 2.05) is 38.1 Å². The van der Waals surface area contributed by atoms with Crippen LogP contribution in [-0.2, 0) is 19.5 Å². The van der Waals surface area contributed by atoms with Crippen LogP contribution in [0.15, 0.2) is 29.1 Å². The van der Waals surface area contributed by atoms with Crippen molar-refractivity contribution in [2.24, 2.45) is 0 Å². The van der Waals surface area contributed by atoms with Crippen LogP contribution in [0.25, 0.3) is 10.9 Å². The number of fused-ring (bicyclic) bond motifs is 2. The molecule has 0 fully saturated rings. The number of hydrogen-bond donors (Lipinski definition) is 1. The molecule has 0 aliphatic carbocycles. The first-order valence-electron chi connectivity index (χ1n) is 9.85. The molecule has 0 saturated carbocycles. The van der Waals surface area contributed by atoms with Crippen LogP contribution >= 0.6 is 0 Å². The van der Waals surface area contributed by atoms with Gasteiger partial charge in [0.15, 0.2) is 0 Å². The summed E-state index contributed by atoms with van der Waals surface area (Å²) in [7, 11) is 0. The third kappa shape index (κ3) is 3.56. The van der Waals surface area contributed by atoms with Crippen molar-refractivity contribution in [1.29, 1.82) is 0 Å². The molecule has 0 unspecified atom stereocenters. The second kappa shape index (κ2) is 7.58. The number of nitrogens with zero attached hydrogens (tertiary/aromatic N) is 4. The van der Waals surface area contributed by atoms with Crippen molar-refractivity contribution < 1.29 is 4.79 Å². The van der Waals surface area contributed by atoms with E-state index in [0.717, 1.165) is 48.1 Å². The number of carbonyl (C=O) groups excluding carboxylic acids is 1. The van der Waals surface area contributed by atoms with Crippen molar-refractivity contribution in [1.82, 2.24) is 24.6 Å². The van der Waals surface area contributed by atoms with Gasteiger partial charge in [0.1, 0.15) is 5.82 Å². The van der Waals surface area contributed by atoms with E-state index in [9.17, 15) is 9.59 Å². The number of benzene rings is 1. The summed E-state index contributed by atoms with van der Waals surface area (Å²) >= 11 is 0. The second-order valence-corrected chi connectivity index (χ2v) is 7.46. The lowest BCUT2D eigenvalue weighted by molar-refractivity contribution is 0.0951. The molecule has 0 radical (unpaired) electrons. The van der Waals surface area contributed by atoms with Gasteiger partial charge in [-0.3, -0.25) is 14.3 Å². The standard InChI is InChI=1S/C21H25N5O2/c1-14-7-8-18-16(12-14)13-17(15(2)23-18)20(27)22-9-5-11-26-21(28)25-10-4-3-6-19(25)24-26/h7-8,12-13H,3-6,9-11H2,1-2H3,(H,22,27). The SMILES string of the molecule is Cc1ccc2nc(C)c(C(=O)NCCCn3nc4n(c3=O)CCCC4)cc2c1. The highest BCUT2D eigenvalue weighted by Gasteiger charge is 2.16. The summed E-state index contributed by atoms with van der Waals surface area (Å²) < 4.78 is 3.30. The van der Waals surface area contributed by atoms with Gasteiger partial charge in [-0.1, -0.05) is 11.6 Å². The van der Waals surface area contributed by atoms with Gasteiger partial charge >= 0.3 is 5.69 Å². The maximum atomic E-state index is 12.6. The predicted octanol–water partition coefficient (Wildman–Crippen LogP) is 2.37. The van der Waals surface area contributed by atoms with Crippen LogP contribution in [0.2, 0.25) is 0 Å². The molecule has 0 spiro atoms. The van der Waals surface area contributed by atoms with E-state index in [1.165, 1.54) is 4.68 Å². The fourth-order valence-electron chi connectivity index (χ4n) is 3.74. The fraction of sp³-hybridized carbons (Fsp3) is 0.429. The minimum Gasteiger partial charge on any atom is -0.352 e. The Morgan fingerprint density at radius 2 is 2.07 bits per heavy atom. The number of aryl methyl sites for hydroxylation is 4. The predicted molar refractivity (Wildman–Crippen MR) is 108 cm³/mol. The molecule has 1 aliphatic heterocycles. The number of rotatable bonds is 5. The lowest BCUT2D eigenvalue weighted by Crippen LogP contribution is -2.29. The number of amides is 1. The summed E-state index contributed by atoms with van der Waals surface area (Å²) in [5.74, 6) is 0.748. The van der Waals surface area contributed by atoms with Crippen LogP contribution in [0.3, 0.4) is 0 Å². The molecule has 0 atom stereocenters. The molecule has 4 rings (SSSR count). The number of hydrogen-bond acceptors (Lipinski definition) is 4. The first-order chi connectivity index (χ1) is 13.5. The van der Waals surface area contributed by atoms with Gasteiger partial charge in [-0.15, -0.1) is 0 Å². The molecule has 2 aromatic heterocycles. The molecule has 3 aromatic rings. The second-order valence-electron chi connectivity index (χ2n) is 7.46. The molecule has 1 aliphatic rings. The van der Waals surface area contributed by atoms with Crippen molar-refractivity contribution in [3.8, 4) is 0 Å². The molecular formula is C21H25N5O2. The van der Waals surface area contributed by atoms with Gasteiger partial charge < -0.3 is 5.32 Å². The van der Waals surface area contributed by atoms with Crippen molar-refractivity contribution >= 4 is 16.8 Å². The third-order valence-corrected chi connectivity index (χ3v) is 5.27. The molecule has 0 saturated heterocycles. The van der Waals surface area contributed by atoms with Crippen LogP contribution in [0.4, 0.5) is 0 Å². The van der Waals surface area contributed by atoms with Gasteiger partial charge in [0.25, 0.3) is 5.91 Å². The molecule has 1 amide bonds. The van der Waals surface area contributed by atoms with Gasteiger partial charge in [0.2, 0.25) is 0 Å². The van der Waals surface area contributed by atoms with Crippen LogP contribution < -0.4 is 11.0 Å². The highest BCUT2D eigenvalue weighted by atomic mass is 16.2. The molecule has 1 N–H and O–H groups in total. The van der Waals surface area contributed by atoms with E-state index in [0.29, 0.717) is 30.8 Å². The van der Waals surface area contributed by atoms with Crippen molar-refractivity contribution in [2.45, 2.75) is 52.6 Å². The van der Waals surface area contributed by atoms with E-state index in [2.05, 4.69) is 15.4 Å². The van der Waals surface area contributed by atoms with E-state index < -0.39 is 0 Å². The summed E-state index contributed by atoms with van der Waals surface area (Å²) in [5.41, 5.74) is 3.30. The first-order valence-corrected chi connectivity index (χ1v) is 9.85. The van der Waals surface area contributed by atoms with E-state index in [-0.39, 0.29) is 11.6 Å². The quantitative estimate of drug-likeness (QED) is 0.690. The minimum absolute atomic E-state index is 0.0361. The zero-order valence-electron chi connectivity index (χ0n) is 16.4. The Hall–Kier alpha value is -2.96. The van der Waals surface area contributed by atoms with E-state index in [1.54, 1.807) is 4.57 Å². The number of nitrogens with one attached hydrogen (secondary N) is 1. The van der Waals surface area contributed by atoms with Crippen molar-refractivity contribution in [3.63, 3.8) is 0 Å². The topological polar surface area (TPSA) is 81.8 Å². The Kier molecular flexibility index (Phi) is 4.98. The fourth-order valence-corrected chi connectivity index (χ4v) is 3.74. The van der Waals surface area contributed by atoms with Crippen LogP contribution in [-0.4, -0.2) is 31.8 Å². The van der Waals surface area contributed by atoms with E-state index in [4.69, 9.17) is 0 Å². The molecule has 7 nitrogen and oxygen atoms in total. The number of aromatic nitrogens is 4. The summed E-state index contributed by atoms with van der Waals surface area (Å²) in [6.45, 7) is 5.63. The Morgan fingerprint density at radius 1 is 1.21 bits per heavy atom. The lowest BCUT2D eigenvalue weighted by Gasteiger charge is -2.09. The lowest BCUT2D eigenvalue weighted by atomic mass is 10.1. The van der Waals surface area contributed by atoms with Gasteiger partial charge in [-0.05, 0) is 51.3 Å². The average Bonchev–Trinajstić information content (AvgIpc) is 3.01. The normalized spacial score (nSPS) is 13.5. The van der Waals surface area contributed by atoms with Gasteiger partial charge in [-0.2, -0.15) is 5.10 Å². The number of carbonyl (C=O) groups is 1. The van der Waals surface area contributed by atoms with Crippen LogP contribution in [0, 0.1) is 13.8 Å². The maximum Gasteiger partial charge on any atom is 0.345 e. The molecule has 28 heavy (non-hydrogen) atoms. The van der Waals surface area contributed by atoms with Gasteiger partial charge in [0.05, 0.1) is 16.8 Å². The molecule has 1 aromatic carbocycles. The first kappa shape index (κ1) is 18.4. The minimum atomic E-state index is -0.134. The Morgan fingerprint density at radius 3 is 2.89 bits per heavy atom. The zero-order chi connectivity index (χ0) is 19.7. The molecular weight excluding hydrogens is 354 g/mol. The van der Waals surface area contributed by atoms with Crippen molar-refractivity contribution in [3.05, 3.63) is 57.4 Å². The summed E-state index contributed by atoms with van der Waals surface area (Å²) in [4.78, 5) is 29.5. The zero-order valence-corrected chi connectivity index (χ0v) is 16.4. The highest BCUT2D eigenvalue weighted by Crippen LogP contribution is 2.18. The summed E-state index contributed by atoms with van der Waals surface area (Å²) in [6, 6.07) is 7.92. The molecule has 0 bridgehead atoms. The maximum absolute atomic E-state index is 12.6. The van der Waals surface area contributed by atoms with Crippen LogP contribution in [0.1, 0.15) is 46.7 Å². The molecule has 7 heteroatoms. The summed E-state index contributed by atoms with van der Waals surface area (Å²) in [5, 5.41) is 8.33. The summed E-state index contributed by atoms with van der Waals surface area (Å²) in [6.07, 6.45) is 3.65. The largest absolute Gasteiger partial charge is 0.352 e. The monoisotopic (exact) mass is 379 g/mol.